The fourth-order valence-electron chi connectivity index (χ4n) is 1.47. The molecule has 0 saturated carbocycles. The number of aryl methyl sites for hydroxylation is 1. The van der Waals surface area contributed by atoms with Crippen molar-refractivity contribution in [1.82, 2.24) is 9.97 Å². The molecule has 17 heavy (non-hydrogen) atoms. The lowest BCUT2D eigenvalue weighted by atomic mass is 10.3. The van der Waals surface area contributed by atoms with Crippen molar-refractivity contribution in [3.8, 4) is 0 Å². The molecule has 0 aliphatic heterocycles. The molecule has 0 amide bonds. The molecule has 0 radical (unpaired) electrons. The number of nitrogens with zero attached hydrogens (tertiary/aromatic N) is 2. The van der Waals surface area contributed by atoms with Crippen LogP contribution in [0, 0.1) is 12.7 Å². The standard InChI is InChI=1S/C12H13FN4/c1-8-15-11(14-2)7-12(16-8)17-10-5-3-4-9(13)6-10/h3-7H,1-2H3,(H2,14,15,16,17). The van der Waals surface area contributed by atoms with Gasteiger partial charge in [0.1, 0.15) is 23.3 Å². The van der Waals surface area contributed by atoms with Crippen molar-refractivity contribution >= 4 is 17.3 Å². The number of halogens is 1. The van der Waals surface area contributed by atoms with E-state index in [9.17, 15) is 4.39 Å². The van der Waals surface area contributed by atoms with E-state index in [0.29, 0.717) is 17.3 Å². The Morgan fingerprint density at radius 3 is 2.59 bits per heavy atom. The molecule has 0 unspecified atom stereocenters. The molecule has 1 heterocycles. The molecule has 0 aliphatic rings. The van der Waals surface area contributed by atoms with Crippen LogP contribution >= 0.6 is 0 Å². The van der Waals surface area contributed by atoms with Crippen molar-refractivity contribution in [1.29, 1.82) is 0 Å². The first-order valence-corrected chi connectivity index (χ1v) is 5.23. The second-order valence-electron chi connectivity index (χ2n) is 3.57. The van der Waals surface area contributed by atoms with Gasteiger partial charge in [0.15, 0.2) is 0 Å². The van der Waals surface area contributed by atoms with Crippen LogP contribution in [0.4, 0.5) is 21.7 Å². The van der Waals surface area contributed by atoms with E-state index in [1.54, 1.807) is 32.2 Å². The molecule has 0 bridgehead atoms. The average molecular weight is 232 g/mol. The van der Waals surface area contributed by atoms with Gasteiger partial charge in [0, 0.05) is 18.8 Å². The Hall–Kier alpha value is -2.17. The van der Waals surface area contributed by atoms with Gasteiger partial charge in [0.2, 0.25) is 0 Å². The van der Waals surface area contributed by atoms with Gasteiger partial charge >= 0.3 is 0 Å². The summed E-state index contributed by atoms with van der Waals surface area (Å²) in [5, 5.41) is 5.97. The zero-order valence-electron chi connectivity index (χ0n) is 9.66. The van der Waals surface area contributed by atoms with E-state index in [2.05, 4.69) is 20.6 Å². The van der Waals surface area contributed by atoms with Crippen LogP contribution < -0.4 is 10.6 Å². The summed E-state index contributed by atoms with van der Waals surface area (Å²) < 4.78 is 13.0. The van der Waals surface area contributed by atoms with Gasteiger partial charge in [-0.3, -0.25) is 0 Å². The summed E-state index contributed by atoms with van der Waals surface area (Å²) in [6.07, 6.45) is 0. The third kappa shape index (κ3) is 2.90. The molecule has 0 fully saturated rings. The molecule has 2 N–H and O–H groups in total. The predicted molar refractivity (Wildman–Crippen MR) is 66.0 cm³/mol. The summed E-state index contributed by atoms with van der Waals surface area (Å²) in [6, 6.07) is 7.99. The van der Waals surface area contributed by atoms with Gasteiger partial charge in [-0.05, 0) is 25.1 Å². The van der Waals surface area contributed by atoms with Crippen molar-refractivity contribution in [3.63, 3.8) is 0 Å². The average Bonchev–Trinajstić information content (AvgIpc) is 2.28. The minimum atomic E-state index is -0.283. The van der Waals surface area contributed by atoms with Gasteiger partial charge in [-0.25, -0.2) is 14.4 Å². The molecule has 88 valence electrons. The number of anilines is 3. The Labute approximate surface area is 98.9 Å². The van der Waals surface area contributed by atoms with Crippen LogP contribution in [0.5, 0.6) is 0 Å². The van der Waals surface area contributed by atoms with Crippen LogP contribution in [0.25, 0.3) is 0 Å². The third-order valence-corrected chi connectivity index (χ3v) is 2.19. The molecule has 1 aromatic heterocycles. The Balaban J connectivity index is 2.26. The molecule has 2 rings (SSSR count). The molecule has 0 saturated heterocycles. The van der Waals surface area contributed by atoms with E-state index < -0.39 is 0 Å². The fourth-order valence-corrected chi connectivity index (χ4v) is 1.47. The highest BCUT2D eigenvalue weighted by atomic mass is 19.1. The number of benzene rings is 1. The van der Waals surface area contributed by atoms with Gasteiger partial charge in [0.05, 0.1) is 0 Å². The molecule has 1 aromatic carbocycles. The second-order valence-corrected chi connectivity index (χ2v) is 3.57. The monoisotopic (exact) mass is 232 g/mol. The highest BCUT2D eigenvalue weighted by Gasteiger charge is 2.01. The minimum Gasteiger partial charge on any atom is -0.373 e. The van der Waals surface area contributed by atoms with Gasteiger partial charge in [-0.15, -0.1) is 0 Å². The van der Waals surface area contributed by atoms with Crippen LogP contribution in [0.1, 0.15) is 5.82 Å². The number of aromatic nitrogens is 2. The predicted octanol–water partition coefficient (Wildman–Crippen LogP) is 2.71. The Bertz CT molecular complexity index is 528. The first kappa shape index (κ1) is 11.3. The highest BCUT2D eigenvalue weighted by Crippen LogP contribution is 2.17. The second kappa shape index (κ2) is 4.78. The lowest BCUT2D eigenvalue weighted by molar-refractivity contribution is 0.628. The van der Waals surface area contributed by atoms with Crippen molar-refractivity contribution in [2.75, 3.05) is 17.7 Å². The van der Waals surface area contributed by atoms with Gasteiger partial charge in [-0.1, -0.05) is 6.07 Å². The summed E-state index contributed by atoms with van der Waals surface area (Å²) in [6.45, 7) is 1.80. The number of hydrogen-bond acceptors (Lipinski definition) is 4. The van der Waals surface area contributed by atoms with E-state index in [1.807, 2.05) is 0 Å². The van der Waals surface area contributed by atoms with Crippen molar-refractivity contribution in [3.05, 3.63) is 42.0 Å². The molecular formula is C12H13FN4. The van der Waals surface area contributed by atoms with Crippen LogP contribution in [0.2, 0.25) is 0 Å². The summed E-state index contributed by atoms with van der Waals surface area (Å²) >= 11 is 0. The lowest BCUT2D eigenvalue weighted by Gasteiger charge is -2.08. The fraction of sp³-hybridized carbons (Fsp3) is 0.167. The van der Waals surface area contributed by atoms with Gasteiger partial charge in [0.25, 0.3) is 0 Å². The summed E-state index contributed by atoms with van der Waals surface area (Å²) in [7, 11) is 1.79. The third-order valence-electron chi connectivity index (χ3n) is 2.19. The maximum absolute atomic E-state index is 13.0. The van der Waals surface area contributed by atoms with E-state index >= 15 is 0 Å². The molecular weight excluding hydrogens is 219 g/mol. The molecule has 2 aromatic rings. The SMILES string of the molecule is CNc1cc(Nc2cccc(F)c2)nc(C)n1. The number of nitrogens with one attached hydrogen (secondary N) is 2. The van der Waals surface area contributed by atoms with Crippen LogP contribution in [0.15, 0.2) is 30.3 Å². The van der Waals surface area contributed by atoms with Gasteiger partial charge < -0.3 is 10.6 Å². The van der Waals surface area contributed by atoms with E-state index in [-0.39, 0.29) is 5.82 Å². The van der Waals surface area contributed by atoms with Crippen molar-refractivity contribution in [2.24, 2.45) is 0 Å². The van der Waals surface area contributed by atoms with Crippen LogP contribution in [-0.2, 0) is 0 Å². The first-order chi connectivity index (χ1) is 8.17. The van der Waals surface area contributed by atoms with E-state index in [4.69, 9.17) is 0 Å². The Morgan fingerprint density at radius 1 is 1.12 bits per heavy atom. The smallest absolute Gasteiger partial charge is 0.136 e. The zero-order chi connectivity index (χ0) is 12.3. The van der Waals surface area contributed by atoms with E-state index in [1.165, 1.54) is 12.1 Å². The quantitative estimate of drug-likeness (QED) is 0.854. The minimum absolute atomic E-state index is 0.283. The van der Waals surface area contributed by atoms with E-state index in [0.717, 1.165) is 5.82 Å². The summed E-state index contributed by atoms with van der Waals surface area (Å²) in [5.74, 6) is 1.72. The topological polar surface area (TPSA) is 49.8 Å². The summed E-state index contributed by atoms with van der Waals surface area (Å²) in [4.78, 5) is 8.40. The highest BCUT2D eigenvalue weighted by molar-refractivity contribution is 5.59. The van der Waals surface area contributed by atoms with Crippen molar-refractivity contribution in [2.45, 2.75) is 6.92 Å². The zero-order valence-corrected chi connectivity index (χ0v) is 9.66. The molecule has 0 aliphatic carbocycles. The Morgan fingerprint density at radius 2 is 1.88 bits per heavy atom. The van der Waals surface area contributed by atoms with Crippen LogP contribution in [-0.4, -0.2) is 17.0 Å². The first-order valence-electron chi connectivity index (χ1n) is 5.23. The number of hydrogen-bond donors (Lipinski definition) is 2. The maximum atomic E-state index is 13.0. The molecule has 5 heteroatoms. The summed E-state index contributed by atoms with van der Waals surface area (Å²) in [5.41, 5.74) is 0.658. The lowest BCUT2D eigenvalue weighted by Crippen LogP contribution is -2.01. The molecule has 0 atom stereocenters. The molecule has 0 spiro atoms. The molecule has 4 nitrogen and oxygen atoms in total. The maximum Gasteiger partial charge on any atom is 0.136 e. The largest absolute Gasteiger partial charge is 0.373 e. The Kier molecular flexibility index (Phi) is 3.18. The normalized spacial score (nSPS) is 10.1. The van der Waals surface area contributed by atoms with Gasteiger partial charge in [-0.2, -0.15) is 0 Å². The van der Waals surface area contributed by atoms with Crippen LogP contribution in [0.3, 0.4) is 0 Å². The van der Waals surface area contributed by atoms with Crippen molar-refractivity contribution < 1.29 is 4.39 Å². The number of rotatable bonds is 3.